The molecule has 0 radical (unpaired) electrons. The third-order valence-electron chi connectivity index (χ3n) is 2.52. The second-order valence-corrected chi connectivity index (χ2v) is 4.59. The molecule has 1 aromatic rings. The van der Waals surface area contributed by atoms with Crippen LogP contribution in [-0.2, 0) is 4.79 Å². The Morgan fingerprint density at radius 2 is 2.33 bits per heavy atom. The van der Waals surface area contributed by atoms with Gasteiger partial charge in [0.25, 0.3) is 0 Å². The number of hydrogen-bond donors (Lipinski definition) is 2. The molecular weight excluding hydrogens is 230 g/mol. The molecule has 0 aliphatic heterocycles. The predicted octanol–water partition coefficient (Wildman–Crippen LogP) is 2.11. The number of aromatic nitrogens is 1. The Kier molecular flexibility index (Phi) is 5.12. The molecule has 1 rings (SSSR count). The second-order valence-electron chi connectivity index (χ2n) is 4.59. The Morgan fingerprint density at radius 3 is 2.89 bits per heavy atom. The van der Waals surface area contributed by atoms with E-state index in [1.165, 1.54) is 6.20 Å². The maximum Gasteiger partial charge on any atom is 0.308 e. The van der Waals surface area contributed by atoms with E-state index in [2.05, 4.69) is 10.3 Å². The number of aliphatic carboxylic acids is 1. The number of carboxylic acids is 1. The van der Waals surface area contributed by atoms with Gasteiger partial charge in [0.2, 0.25) is 0 Å². The number of carboxylic acid groups (broad SMARTS) is 1. The van der Waals surface area contributed by atoms with Crippen LogP contribution in [0.3, 0.4) is 0 Å². The van der Waals surface area contributed by atoms with Crippen molar-refractivity contribution in [3.05, 3.63) is 23.9 Å². The quantitative estimate of drug-likeness (QED) is 0.804. The zero-order valence-corrected chi connectivity index (χ0v) is 10.6. The second kappa shape index (κ2) is 6.60. The summed E-state index contributed by atoms with van der Waals surface area (Å²) in [7, 11) is 0. The fraction of sp³-hybridized carbons (Fsp3) is 0.462. The van der Waals surface area contributed by atoms with Crippen LogP contribution >= 0.6 is 0 Å². The van der Waals surface area contributed by atoms with Gasteiger partial charge in [0, 0.05) is 12.7 Å². The standard InChI is InChI=1S/C13H17N3O2/c1-9(2)5-11(13(17)18)8-16-12-6-10(7-14)3-4-15-12/h3-4,6,9,11H,5,8H2,1-2H3,(H,15,16)(H,17,18). The van der Waals surface area contributed by atoms with Crippen molar-refractivity contribution in [3.8, 4) is 6.07 Å². The van der Waals surface area contributed by atoms with Crippen LogP contribution in [0.25, 0.3) is 0 Å². The number of anilines is 1. The van der Waals surface area contributed by atoms with Gasteiger partial charge in [-0.15, -0.1) is 0 Å². The minimum atomic E-state index is -0.812. The molecular formula is C13H17N3O2. The van der Waals surface area contributed by atoms with E-state index in [1.807, 2.05) is 19.9 Å². The Bertz CT molecular complexity index is 452. The number of nitriles is 1. The highest BCUT2D eigenvalue weighted by Gasteiger charge is 2.18. The number of rotatable bonds is 6. The van der Waals surface area contributed by atoms with Gasteiger partial charge in [0.05, 0.1) is 17.6 Å². The van der Waals surface area contributed by atoms with Gasteiger partial charge in [-0.2, -0.15) is 5.26 Å². The molecule has 5 nitrogen and oxygen atoms in total. The Morgan fingerprint density at radius 1 is 1.61 bits per heavy atom. The summed E-state index contributed by atoms with van der Waals surface area (Å²) in [6, 6.07) is 5.22. The average Bonchev–Trinajstić information content (AvgIpc) is 2.34. The van der Waals surface area contributed by atoms with E-state index in [-0.39, 0.29) is 0 Å². The first-order valence-corrected chi connectivity index (χ1v) is 5.85. The van der Waals surface area contributed by atoms with Crippen molar-refractivity contribution in [2.24, 2.45) is 11.8 Å². The van der Waals surface area contributed by atoms with Gasteiger partial charge in [-0.1, -0.05) is 13.8 Å². The van der Waals surface area contributed by atoms with Crippen LogP contribution in [-0.4, -0.2) is 22.6 Å². The number of hydrogen-bond acceptors (Lipinski definition) is 4. The molecule has 0 spiro atoms. The monoisotopic (exact) mass is 247 g/mol. The zero-order valence-electron chi connectivity index (χ0n) is 10.6. The van der Waals surface area contributed by atoms with Crippen LogP contribution in [0.1, 0.15) is 25.8 Å². The van der Waals surface area contributed by atoms with Crippen LogP contribution in [0, 0.1) is 23.2 Å². The fourth-order valence-corrected chi connectivity index (χ4v) is 1.67. The molecule has 0 aromatic carbocycles. The van der Waals surface area contributed by atoms with Crippen LogP contribution in [0.2, 0.25) is 0 Å². The van der Waals surface area contributed by atoms with Crippen molar-refractivity contribution < 1.29 is 9.90 Å². The molecule has 1 aromatic heterocycles. The molecule has 1 heterocycles. The lowest BCUT2D eigenvalue weighted by atomic mass is 9.97. The van der Waals surface area contributed by atoms with E-state index in [1.54, 1.807) is 12.1 Å². The van der Waals surface area contributed by atoms with E-state index in [0.717, 1.165) is 0 Å². The average molecular weight is 247 g/mol. The van der Waals surface area contributed by atoms with E-state index in [0.29, 0.717) is 30.3 Å². The van der Waals surface area contributed by atoms with E-state index >= 15 is 0 Å². The summed E-state index contributed by atoms with van der Waals surface area (Å²) in [6.45, 7) is 4.30. The molecule has 18 heavy (non-hydrogen) atoms. The van der Waals surface area contributed by atoms with Gasteiger partial charge in [0.1, 0.15) is 5.82 Å². The molecule has 0 amide bonds. The highest BCUT2D eigenvalue weighted by Crippen LogP contribution is 2.13. The van der Waals surface area contributed by atoms with Gasteiger partial charge in [0.15, 0.2) is 0 Å². The lowest BCUT2D eigenvalue weighted by Crippen LogP contribution is -2.24. The van der Waals surface area contributed by atoms with Crippen molar-refractivity contribution in [1.82, 2.24) is 4.98 Å². The first kappa shape index (κ1) is 14.0. The molecule has 0 saturated carbocycles. The third kappa shape index (κ3) is 4.42. The van der Waals surface area contributed by atoms with Crippen molar-refractivity contribution >= 4 is 11.8 Å². The molecule has 0 fully saturated rings. The van der Waals surface area contributed by atoms with Crippen LogP contribution in [0.5, 0.6) is 0 Å². The summed E-state index contributed by atoms with van der Waals surface area (Å²) in [5.41, 5.74) is 0.503. The maximum absolute atomic E-state index is 11.1. The van der Waals surface area contributed by atoms with Gasteiger partial charge < -0.3 is 10.4 Å². The van der Waals surface area contributed by atoms with Crippen LogP contribution < -0.4 is 5.32 Å². The largest absolute Gasteiger partial charge is 0.481 e. The molecule has 96 valence electrons. The van der Waals surface area contributed by atoms with Crippen LogP contribution in [0.15, 0.2) is 18.3 Å². The Labute approximate surface area is 106 Å². The highest BCUT2D eigenvalue weighted by molar-refractivity contribution is 5.70. The summed E-state index contributed by atoms with van der Waals surface area (Å²) in [4.78, 5) is 15.1. The molecule has 1 unspecified atom stereocenters. The lowest BCUT2D eigenvalue weighted by Gasteiger charge is -2.15. The van der Waals surface area contributed by atoms with E-state index in [4.69, 9.17) is 10.4 Å². The molecule has 5 heteroatoms. The summed E-state index contributed by atoms with van der Waals surface area (Å²) in [6.07, 6.45) is 2.14. The van der Waals surface area contributed by atoms with E-state index in [9.17, 15) is 4.79 Å². The van der Waals surface area contributed by atoms with Crippen molar-refractivity contribution in [3.63, 3.8) is 0 Å². The van der Waals surface area contributed by atoms with Gasteiger partial charge in [-0.3, -0.25) is 4.79 Å². The summed E-state index contributed by atoms with van der Waals surface area (Å²) in [5.74, 6) is -0.402. The molecule has 0 aliphatic rings. The summed E-state index contributed by atoms with van der Waals surface area (Å²) >= 11 is 0. The highest BCUT2D eigenvalue weighted by atomic mass is 16.4. The molecule has 0 saturated heterocycles. The number of carbonyl (C=O) groups is 1. The lowest BCUT2D eigenvalue weighted by molar-refractivity contribution is -0.141. The van der Waals surface area contributed by atoms with E-state index < -0.39 is 11.9 Å². The van der Waals surface area contributed by atoms with Crippen molar-refractivity contribution in [2.45, 2.75) is 20.3 Å². The van der Waals surface area contributed by atoms with Gasteiger partial charge in [-0.05, 0) is 24.5 Å². The number of nitrogens with one attached hydrogen (secondary N) is 1. The molecule has 0 aliphatic carbocycles. The summed E-state index contributed by atoms with van der Waals surface area (Å²) < 4.78 is 0. The molecule has 2 N–H and O–H groups in total. The Hall–Kier alpha value is -2.09. The van der Waals surface area contributed by atoms with Crippen LogP contribution in [0.4, 0.5) is 5.82 Å². The Balaban J connectivity index is 2.61. The fourth-order valence-electron chi connectivity index (χ4n) is 1.67. The normalized spacial score (nSPS) is 11.9. The van der Waals surface area contributed by atoms with Gasteiger partial charge >= 0.3 is 5.97 Å². The minimum Gasteiger partial charge on any atom is -0.481 e. The van der Waals surface area contributed by atoms with Crippen molar-refractivity contribution in [2.75, 3.05) is 11.9 Å². The maximum atomic E-state index is 11.1. The number of pyridine rings is 1. The summed E-state index contributed by atoms with van der Waals surface area (Å²) in [5, 5.41) is 20.8. The number of nitrogens with zero attached hydrogens (tertiary/aromatic N) is 2. The first-order valence-electron chi connectivity index (χ1n) is 5.85. The first-order chi connectivity index (χ1) is 8.52. The van der Waals surface area contributed by atoms with Crippen molar-refractivity contribution in [1.29, 1.82) is 5.26 Å². The van der Waals surface area contributed by atoms with Gasteiger partial charge in [-0.25, -0.2) is 4.98 Å². The SMILES string of the molecule is CC(C)CC(CNc1cc(C#N)ccn1)C(=O)O. The topological polar surface area (TPSA) is 86.0 Å². The zero-order chi connectivity index (χ0) is 13.5. The molecule has 0 bridgehead atoms. The minimum absolute atomic E-state index is 0.315. The molecule has 1 atom stereocenters. The smallest absolute Gasteiger partial charge is 0.308 e. The third-order valence-corrected chi connectivity index (χ3v) is 2.52. The predicted molar refractivity (Wildman–Crippen MR) is 68.0 cm³/mol.